The van der Waals surface area contributed by atoms with Gasteiger partial charge in [-0.25, -0.2) is 14.2 Å². The maximum absolute atomic E-state index is 12.1. The Bertz CT molecular complexity index is 1180. The number of aromatic amines is 1. The number of aromatic carboxylic acids is 1. The zero-order valence-corrected chi connectivity index (χ0v) is 14.3. The Morgan fingerprint density at radius 3 is 2.59 bits per heavy atom. The van der Waals surface area contributed by atoms with E-state index in [1.165, 1.54) is 30.3 Å². The number of halogens is 1. The van der Waals surface area contributed by atoms with Crippen molar-refractivity contribution in [3.8, 4) is 11.6 Å². The van der Waals surface area contributed by atoms with Gasteiger partial charge >= 0.3 is 11.7 Å². The van der Waals surface area contributed by atoms with Gasteiger partial charge in [0.15, 0.2) is 0 Å². The summed E-state index contributed by atoms with van der Waals surface area (Å²) in [5.74, 6) is -1.84. The molecule has 2 aromatic carbocycles. The van der Waals surface area contributed by atoms with Gasteiger partial charge in [-0.05, 0) is 30.3 Å². The van der Waals surface area contributed by atoms with E-state index in [9.17, 15) is 24.6 Å². The molecule has 3 N–H and O–H groups in total. The quantitative estimate of drug-likeness (QED) is 0.594. The summed E-state index contributed by atoms with van der Waals surface area (Å²) in [4.78, 5) is 41.5. The van der Waals surface area contributed by atoms with E-state index in [1.54, 1.807) is 18.2 Å². The van der Waals surface area contributed by atoms with Gasteiger partial charge in [-0.2, -0.15) is 0 Å². The Hall–Kier alpha value is -3.65. The first-order chi connectivity index (χ1) is 12.9. The molecule has 0 atom stereocenters. The molecule has 3 rings (SSSR count). The molecule has 1 heterocycles. The third-order valence-electron chi connectivity index (χ3n) is 3.65. The second kappa shape index (κ2) is 7.30. The number of hydrogen-bond acceptors (Lipinski definition) is 5. The van der Waals surface area contributed by atoms with Gasteiger partial charge in [-0.3, -0.25) is 14.8 Å². The third kappa shape index (κ3) is 3.65. The highest BCUT2D eigenvalue weighted by Crippen LogP contribution is 2.21. The number of aliphatic imine (C=N–C) groups is 1. The number of aromatic nitrogens is 2. The number of rotatable bonds is 4. The lowest BCUT2D eigenvalue weighted by molar-refractivity contribution is 0.0698. The number of H-pyrrole nitrogens is 1. The summed E-state index contributed by atoms with van der Waals surface area (Å²) in [6.45, 7) is 0. The van der Waals surface area contributed by atoms with Crippen molar-refractivity contribution in [1.29, 1.82) is 0 Å². The molecule has 1 aromatic heterocycles. The molecule has 9 heteroatoms. The van der Waals surface area contributed by atoms with Crippen molar-refractivity contribution in [2.75, 3.05) is 0 Å². The van der Waals surface area contributed by atoms with Crippen LogP contribution in [0.25, 0.3) is 5.69 Å². The summed E-state index contributed by atoms with van der Waals surface area (Å²) >= 11 is 5.91. The highest BCUT2D eigenvalue weighted by Gasteiger charge is 2.15. The van der Waals surface area contributed by atoms with Crippen LogP contribution in [-0.2, 0) is 0 Å². The summed E-state index contributed by atoms with van der Waals surface area (Å²) in [7, 11) is 0. The zero-order chi connectivity index (χ0) is 19.6. The van der Waals surface area contributed by atoms with Crippen LogP contribution >= 0.6 is 11.6 Å². The molecule has 0 unspecified atom stereocenters. The number of hydrogen-bond donors (Lipinski definition) is 3. The monoisotopic (exact) mass is 385 g/mol. The summed E-state index contributed by atoms with van der Waals surface area (Å²) < 4.78 is 0.859. The van der Waals surface area contributed by atoms with Crippen LogP contribution in [0.15, 0.2) is 63.1 Å². The lowest BCUT2D eigenvalue weighted by Crippen LogP contribution is -2.31. The first-order valence-electron chi connectivity index (χ1n) is 7.59. The molecule has 3 aromatic rings. The van der Waals surface area contributed by atoms with Gasteiger partial charge < -0.3 is 10.2 Å². The van der Waals surface area contributed by atoms with Gasteiger partial charge in [0, 0.05) is 11.2 Å². The van der Waals surface area contributed by atoms with Crippen LogP contribution in [-0.4, -0.2) is 31.9 Å². The van der Waals surface area contributed by atoms with Gasteiger partial charge in [-0.1, -0.05) is 29.8 Å². The number of carboxylic acids is 1. The van der Waals surface area contributed by atoms with Crippen LogP contribution in [0.1, 0.15) is 15.9 Å². The predicted molar refractivity (Wildman–Crippen MR) is 100.0 cm³/mol. The molecule has 8 nitrogen and oxygen atoms in total. The van der Waals surface area contributed by atoms with E-state index in [-0.39, 0.29) is 22.5 Å². The summed E-state index contributed by atoms with van der Waals surface area (Å²) in [5.41, 5.74) is -1.79. The highest BCUT2D eigenvalue weighted by molar-refractivity contribution is 6.30. The number of nitrogens with one attached hydrogen (secondary N) is 1. The first-order valence-corrected chi connectivity index (χ1v) is 7.97. The fraction of sp³-hybridized carbons (Fsp3) is 0. The number of para-hydroxylation sites is 1. The zero-order valence-electron chi connectivity index (χ0n) is 13.6. The van der Waals surface area contributed by atoms with Crippen molar-refractivity contribution in [1.82, 2.24) is 9.55 Å². The average molecular weight is 386 g/mol. The Kier molecular flexibility index (Phi) is 4.91. The standard InChI is InChI=1S/C18H12ClN3O5/c19-10-4-3-5-11(8-10)22-16(24)13(15(23)21-18(22)27)9-20-14-7-2-1-6-12(14)17(25)26/h1-9,24H,(H,25,26)(H,21,23,27). The van der Waals surface area contributed by atoms with Crippen molar-refractivity contribution in [2.24, 2.45) is 4.99 Å². The average Bonchev–Trinajstić information content (AvgIpc) is 2.61. The second-order valence-electron chi connectivity index (χ2n) is 5.39. The van der Waals surface area contributed by atoms with Gasteiger partial charge in [0.1, 0.15) is 5.56 Å². The first kappa shape index (κ1) is 18.2. The molecule has 0 aliphatic heterocycles. The van der Waals surface area contributed by atoms with E-state index in [1.807, 2.05) is 0 Å². The Balaban J connectivity index is 2.15. The third-order valence-corrected chi connectivity index (χ3v) is 3.89. The van der Waals surface area contributed by atoms with Gasteiger partial charge in [0.05, 0.1) is 16.9 Å². The molecule has 0 saturated heterocycles. The van der Waals surface area contributed by atoms with E-state index < -0.39 is 23.1 Å². The number of benzene rings is 2. The van der Waals surface area contributed by atoms with Crippen LogP contribution in [0, 0.1) is 0 Å². The van der Waals surface area contributed by atoms with E-state index in [4.69, 9.17) is 11.6 Å². The smallest absolute Gasteiger partial charge is 0.337 e. The normalized spacial score (nSPS) is 11.0. The molecular weight excluding hydrogens is 374 g/mol. The van der Waals surface area contributed by atoms with Crippen LogP contribution in [0.4, 0.5) is 5.69 Å². The molecule has 0 saturated carbocycles. The van der Waals surface area contributed by atoms with Gasteiger partial charge in [0.2, 0.25) is 5.88 Å². The van der Waals surface area contributed by atoms with Crippen LogP contribution in [0.5, 0.6) is 5.88 Å². The number of aromatic hydroxyl groups is 1. The summed E-state index contributed by atoms with van der Waals surface area (Å²) in [5, 5.41) is 20.0. The topological polar surface area (TPSA) is 125 Å². The minimum atomic E-state index is -1.19. The van der Waals surface area contributed by atoms with Crippen molar-refractivity contribution in [3.05, 3.63) is 85.5 Å². The largest absolute Gasteiger partial charge is 0.493 e. The van der Waals surface area contributed by atoms with Crippen molar-refractivity contribution in [3.63, 3.8) is 0 Å². The fourth-order valence-electron chi connectivity index (χ4n) is 2.41. The Morgan fingerprint density at radius 2 is 1.89 bits per heavy atom. The maximum Gasteiger partial charge on any atom is 0.337 e. The van der Waals surface area contributed by atoms with E-state index >= 15 is 0 Å². The molecule has 27 heavy (non-hydrogen) atoms. The minimum Gasteiger partial charge on any atom is -0.493 e. The maximum atomic E-state index is 12.1. The molecule has 0 radical (unpaired) electrons. The van der Waals surface area contributed by atoms with Crippen molar-refractivity contribution in [2.45, 2.75) is 0 Å². The van der Waals surface area contributed by atoms with Crippen LogP contribution < -0.4 is 11.2 Å². The lowest BCUT2D eigenvalue weighted by Gasteiger charge is -2.09. The Morgan fingerprint density at radius 1 is 1.15 bits per heavy atom. The van der Waals surface area contributed by atoms with Crippen molar-refractivity contribution < 1.29 is 15.0 Å². The second-order valence-corrected chi connectivity index (χ2v) is 5.83. The molecule has 136 valence electrons. The fourth-order valence-corrected chi connectivity index (χ4v) is 2.60. The van der Waals surface area contributed by atoms with Crippen LogP contribution in [0.2, 0.25) is 5.02 Å². The minimum absolute atomic E-state index is 0.0761. The molecule has 0 bridgehead atoms. The van der Waals surface area contributed by atoms with Crippen molar-refractivity contribution >= 4 is 29.5 Å². The number of carbonyl (C=O) groups is 1. The SMILES string of the molecule is O=C(O)c1ccccc1N=Cc1c(O)n(-c2cccc(Cl)c2)c(=O)[nH]c1=O. The highest BCUT2D eigenvalue weighted by atomic mass is 35.5. The van der Waals surface area contributed by atoms with E-state index in [0.29, 0.717) is 5.02 Å². The number of nitrogens with zero attached hydrogens (tertiary/aromatic N) is 2. The molecular formula is C18H12ClN3O5. The molecule has 0 fully saturated rings. The molecule has 0 spiro atoms. The van der Waals surface area contributed by atoms with E-state index in [0.717, 1.165) is 10.8 Å². The van der Waals surface area contributed by atoms with Gasteiger partial charge in [0.25, 0.3) is 5.56 Å². The van der Waals surface area contributed by atoms with E-state index in [2.05, 4.69) is 9.98 Å². The number of carboxylic acid groups (broad SMARTS) is 1. The Labute approximate surface area is 156 Å². The summed E-state index contributed by atoms with van der Waals surface area (Å²) in [6.07, 6.45) is 0.996. The molecule has 0 aliphatic carbocycles. The van der Waals surface area contributed by atoms with Gasteiger partial charge in [-0.15, -0.1) is 0 Å². The van der Waals surface area contributed by atoms with Crippen LogP contribution in [0.3, 0.4) is 0 Å². The molecule has 0 aliphatic rings. The predicted octanol–water partition coefficient (Wildman–Crippen LogP) is 2.33. The lowest BCUT2D eigenvalue weighted by atomic mass is 10.2. The summed E-state index contributed by atoms with van der Waals surface area (Å²) in [6, 6.07) is 12.0. The molecule has 0 amide bonds.